The lowest BCUT2D eigenvalue weighted by Crippen LogP contribution is -2.46. The molecule has 39 heteroatoms. The number of methoxy groups -OCH3 is 2. The molecule has 3 aliphatic carbocycles. The average molecular weight is 1530 g/mol. The molecular formula is C64H108F7N5O26S. The number of aliphatic hydroxyl groups excluding tert-OH is 4. The van der Waals surface area contributed by atoms with Crippen LogP contribution in [0.3, 0.4) is 0 Å². The van der Waals surface area contributed by atoms with Gasteiger partial charge in [0.15, 0.2) is 6.17 Å². The largest absolute Gasteiger partial charge is 0.481 e. The Kier molecular flexibility index (Phi) is 42.6. The number of ketones is 3. The minimum atomic E-state index is -4.67. The number of nitrogens with two attached hydrogens (primary N) is 1. The Labute approximate surface area is 595 Å². The zero-order valence-corrected chi connectivity index (χ0v) is 59.9. The first-order valence-electron chi connectivity index (χ1n) is 33.1. The van der Waals surface area contributed by atoms with E-state index in [1.807, 2.05) is 24.1 Å². The van der Waals surface area contributed by atoms with E-state index in [0.29, 0.717) is 76.2 Å². The van der Waals surface area contributed by atoms with E-state index in [0.717, 1.165) is 65.0 Å². The molecule has 0 aromatic heterocycles. The Bertz CT molecular complexity index is 2790. The number of Topliss-reactive ketones (excluding diaryl/α,β-unsaturated/α-hetero) is 3. The minimum Gasteiger partial charge on any atom is -0.481 e. The first-order chi connectivity index (χ1) is 47.2. The van der Waals surface area contributed by atoms with Gasteiger partial charge < -0.3 is 84.4 Å². The monoisotopic (exact) mass is 1530 g/mol. The van der Waals surface area contributed by atoms with Crippen molar-refractivity contribution >= 4 is 69.3 Å². The van der Waals surface area contributed by atoms with E-state index in [4.69, 9.17) is 72.5 Å². The summed E-state index contributed by atoms with van der Waals surface area (Å²) in [6.07, 6.45) is 8.89. The molecular weight excluding hydrogens is 1420 g/mol. The first kappa shape index (κ1) is 97.3. The maximum absolute atomic E-state index is 13.0. The lowest BCUT2D eigenvalue weighted by molar-refractivity contribution is -0.170. The van der Waals surface area contributed by atoms with Crippen LogP contribution in [0.25, 0.3) is 0 Å². The van der Waals surface area contributed by atoms with Crippen LogP contribution in [0.1, 0.15) is 171 Å². The molecule has 10 N–H and O–H groups in total. The summed E-state index contributed by atoms with van der Waals surface area (Å²) in [6.45, 7) is 15.3. The van der Waals surface area contributed by atoms with Crippen molar-refractivity contribution in [1.82, 2.24) is 20.0 Å². The molecule has 0 bridgehead atoms. The van der Waals surface area contributed by atoms with Crippen LogP contribution in [0.4, 0.5) is 30.7 Å². The fraction of sp³-hybridized carbons (Fsp3) is 0.844. The fourth-order valence-corrected chi connectivity index (χ4v) is 11.8. The van der Waals surface area contributed by atoms with E-state index < -0.39 is 132 Å². The predicted molar refractivity (Wildman–Crippen MR) is 348 cm³/mol. The fourth-order valence-electron chi connectivity index (χ4n) is 11.8. The number of alkyl halides is 7. The third kappa shape index (κ3) is 33.7. The molecule has 31 nitrogen and oxygen atoms in total. The molecule has 0 aromatic rings. The van der Waals surface area contributed by atoms with Crippen molar-refractivity contribution in [3.63, 3.8) is 0 Å². The highest BCUT2D eigenvalue weighted by Gasteiger charge is 2.61. The van der Waals surface area contributed by atoms with Crippen LogP contribution in [-0.4, -0.2) is 275 Å². The van der Waals surface area contributed by atoms with E-state index in [2.05, 4.69) is 9.47 Å². The van der Waals surface area contributed by atoms with Crippen LogP contribution in [-0.2, 0) is 91.5 Å². The van der Waals surface area contributed by atoms with Gasteiger partial charge in [0.2, 0.25) is 5.91 Å². The number of hydrogen-bond donors (Lipinski definition) is 9. The quantitative estimate of drug-likeness (QED) is 0.0944. The third-order valence-corrected chi connectivity index (χ3v) is 17.0. The Balaban J connectivity index is 0.00000112. The van der Waals surface area contributed by atoms with E-state index in [9.17, 15) is 78.7 Å². The van der Waals surface area contributed by atoms with Crippen LogP contribution in [0.15, 0.2) is 0 Å². The van der Waals surface area contributed by atoms with Gasteiger partial charge in [-0.1, -0.05) is 7.43 Å². The van der Waals surface area contributed by atoms with Crippen molar-refractivity contribution in [3.8, 4) is 0 Å². The van der Waals surface area contributed by atoms with Gasteiger partial charge >= 0.3 is 46.1 Å². The van der Waals surface area contributed by atoms with Gasteiger partial charge in [-0.05, 0) is 98.8 Å². The zero-order valence-electron chi connectivity index (χ0n) is 59.1. The second kappa shape index (κ2) is 45.1. The van der Waals surface area contributed by atoms with E-state index in [1.54, 1.807) is 27.7 Å². The minimum absolute atomic E-state index is 0. The Morgan fingerprint density at radius 2 is 1.09 bits per heavy atom. The van der Waals surface area contributed by atoms with Gasteiger partial charge in [0, 0.05) is 117 Å². The normalized spacial score (nSPS) is 27.2. The first-order valence-corrected chi connectivity index (χ1v) is 34.5. The van der Waals surface area contributed by atoms with Gasteiger partial charge in [-0.2, -0.15) is 34.8 Å². The second-order valence-electron chi connectivity index (χ2n) is 26.4. The number of aliphatic carboxylic acids is 1. The molecule has 9 heterocycles. The number of carboxylic acids is 1. The van der Waals surface area contributed by atoms with Crippen LogP contribution >= 0.6 is 0 Å². The number of amides is 4. The Hall–Kier alpha value is -5.72. The maximum Gasteiger partial charge on any atom is 0.394 e. The van der Waals surface area contributed by atoms with Gasteiger partial charge in [0.05, 0.1) is 83.3 Å². The topological polar surface area (TPSA) is 459 Å². The molecule has 103 heavy (non-hydrogen) atoms. The summed E-state index contributed by atoms with van der Waals surface area (Å²) < 4.78 is 154. The molecule has 0 spiro atoms. The molecule has 12 fully saturated rings. The van der Waals surface area contributed by atoms with Gasteiger partial charge in [-0.3, -0.25) is 52.3 Å². The maximum atomic E-state index is 13.0. The number of hydrogen-bond acceptors (Lipinski definition) is 24. The highest BCUT2D eigenvalue weighted by molar-refractivity contribution is 7.79. The number of carboxylic acid groups (broad SMARTS) is 1. The zero-order chi connectivity index (χ0) is 78.4. The van der Waals surface area contributed by atoms with E-state index in [-0.39, 0.29) is 74.1 Å². The number of carbonyl (C=O) groups is 10. The smallest absolute Gasteiger partial charge is 0.394 e. The lowest BCUT2D eigenvalue weighted by atomic mass is 10.1. The summed E-state index contributed by atoms with van der Waals surface area (Å²) >= 11 is 0. The van der Waals surface area contributed by atoms with Gasteiger partial charge in [-0.15, -0.1) is 0 Å². The van der Waals surface area contributed by atoms with Crippen molar-refractivity contribution in [2.45, 2.75) is 242 Å². The number of esters is 2. The van der Waals surface area contributed by atoms with Gasteiger partial charge in [-0.25, -0.2) is 9.18 Å². The molecule has 9 aliphatic heterocycles. The molecule has 9 atom stereocenters. The summed E-state index contributed by atoms with van der Waals surface area (Å²) in [7, 11) is -1.45. The van der Waals surface area contributed by atoms with Crippen molar-refractivity contribution in [1.29, 1.82) is 0 Å². The van der Waals surface area contributed by atoms with Crippen molar-refractivity contribution in [2.75, 3.05) is 87.4 Å². The number of halogens is 7. The standard InChI is InChI=1S/C8H11F2NO2.C8H12FNO2.C8H13NO2.C7H10O3.C6H11F2NO3.C6H8O3.C6H10O2.C5H7F2NO2.2C4H8O.CH4O.CH4.H2O4S/c1-7(2)11-5(4-13-7)3-8(9,10)6(11)12;1-8(2)10-5(4-12-8)3-6(9)7(10)11;1-8(2)9-6(5-11-8)3-4-7(9)10;1-10-7(9)5-2-3-6(8)4-5;1-12-5(11)6(7,8)2-4(9)3-10;7-5-2-1-4(3-5)6(8)9;7-4-5-1-2-6(8)3-5;6-5(7)1-3(2-9)8-4(5)10;2*1-2-4-5-3-1;1-2;;1-5(2,3)4/h5H,3-4H2,1-2H3;5-6H,3-4H2,1-2H3;6H,3-5H2,1-2H3;5H,2-4H2,1H3;4,10H,2-3,9H2,1H3;4H,1-3H2,(H,8,9);5,7H,1-4H2;3,9H,1-2H2,(H,8,10);2*1-4H2;2H,1H3;1H4;(H2,1,2,3,4)/t5-;5-,6?;6-;5-;2*4-;5-;3-;;;;;/m11101001...../s1. The Morgan fingerprint density at radius 1 is 0.641 bits per heavy atom. The number of rotatable bonds is 8. The number of nitrogens with one attached hydrogen (secondary N) is 1. The molecule has 4 amide bonds. The number of nitrogens with zero attached hydrogens (tertiary/aromatic N) is 3. The van der Waals surface area contributed by atoms with Crippen LogP contribution in [0.2, 0.25) is 0 Å². The molecule has 12 rings (SSSR count). The Morgan fingerprint density at radius 3 is 1.41 bits per heavy atom. The average Bonchev–Trinajstić information content (AvgIpc) is 1.61. The summed E-state index contributed by atoms with van der Waals surface area (Å²) in [5.41, 5.74) is 3.18. The summed E-state index contributed by atoms with van der Waals surface area (Å²) in [4.78, 5) is 112. The SMILES string of the molecule is C.C1CCOC1.C1CCOC1.CC1(C)OC[C@H]2CC(F)(F)C(=O)N21.CC1(C)OC[C@H]2CC(F)C(=O)N21.CC1(C)OC[C@H]2CCC(=O)N21.CO.COC(=O)C(F)(F)C[C@@H](N)CO.COC(=O)[C@H]1CCC(=O)C1.O=C1CC[C@H](C(=O)O)C1.O=C1CC[C@H](CO)C1.O=C1N[C@@H](CO)CC1(F)F.O=S(=O)(O)O. The van der Waals surface area contributed by atoms with Crippen LogP contribution < -0.4 is 11.1 Å². The van der Waals surface area contributed by atoms with Crippen LogP contribution in [0.5, 0.6) is 0 Å². The molecule has 0 aromatic carbocycles. The highest BCUT2D eigenvalue weighted by Crippen LogP contribution is 2.43. The molecule has 9 saturated heterocycles. The molecule has 1 unspecified atom stereocenters. The van der Waals surface area contributed by atoms with E-state index >= 15 is 0 Å². The molecule has 600 valence electrons. The summed E-state index contributed by atoms with van der Waals surface area (Å²) in [6, 6.07) is -2.01. The number of aliphatic hydroxyl groups is 4. The van der Waals surface area contributed by atoms with Crippen molar-refractivity contribution < 1.29 is 155 Å². The van der Waals surface area contributed by atoms with Crippen molar-refractivity contribution in [3.05, 3.63) is 0 Å². The van der Waals surface area contributed by atoms with Gasteiger partial charge in [0.25, 0.3) is 17.7 Å². The lowest BCUT2D eigenvalue weighted by Gasteiger charge is -2.29. The summed E-state index contributed by atoms with van der Waals surface area (Å²) in [5, 5.41) is 42.6. The molecule has 3 saturated carbocycles. The number of carbonyl (C=O) groups excluding carboxylic acids is 9. The van der Waals surface area contributed by atoms with Crippen molar-refractivity contribution in [2.24, 2.45) is 23.5 Å². The highest BCUT2D eigenvalue weighted by atomic mass is 32.3. The second-order valence-corrected chi connectivity index (χ2v) is 27.3. The van der Waals surface area contributed by atoms with Gasteiger partial charge in [0.1, 0.15) is 34.5 Å². The molecule has 12 aliphatic rings. The predicted octanol–water partition coefficient (Wildman–Crippen LogP) is 3.93. The number of ether oxygens (including phenoxy) is 7. The third-order valence-electron chi connectivity index (χ3n) is 17.0. The summed E-state index contributed by atoms with van der Waals surface area (Å²) in [5.74, 6) is -15.0. The molecule has 0 radical (unpaired) electrons. The van der Waals surface area contributed by atoms with Crippen LogP contribution in [0, 0.1) is 17.8 Å². The van der Waals surface area contributed by atoms with E-state index in [1.165, 1.54) is 37.7 Å². The number of fused-ring (bicyclic) bond motifs is 3.